The molecular formula is C15H18N6OS2. The Morgan fingerprint density at radius 2 is 2.08 bits per heavy atom. The van der Waals surface area contributed by atoms with Crippen molar-refractivity contribution in [2.45, 2.75) is 48.9 Å². The van der Waals surface area contributed by atoms with Crippen LogP contribution >= 0.6 is 23.1 Å². The third-order valence-electron chi connectivity index (χ3n) is 4.18. The quantitative estimate of drug-likeness (QED) is 0.548. The smallest absolute Gasteiger partial charge is 0.257 e. The molecule has 1 aliphatic carbocycles. The van der Waals surface area contributed by atoms with E-state index in [4.69, 9.17) is 10.3 Å². The molecule has 3 aromatic rings. The summed E-state index contributed by atoms with van der Waals surface area (Å²) in [6.07, 6.45) is 6.09. The average molecular weight is 362 g/mol. The van der Waals surface area contributed by atoms with Crippen molar-refractivity contribution >= 4 is 23.1 Å². The van der Waals surface area contributed by atoms with Crippen LogP contribution in [0, 0.1) is 0 Å². The van der Waals surface area contributed by atoms with Crippen LogP contribution in [-0.2, 0) is 5.75 Å². The molecule has 1 saturated carbocycles. The van der Waals surface area contributed by atoms with Gasteiger partial charge in [-0.2, -0.15) is 0 Å². The molecule has 0 radical (unpaired) electrons. The molecule has 0 amide bonds. The van der Waals surface area contributed by atoms with Gasteiger partial charge in [0.2, 0.25) is 11.0 Å². The average Bonchev–Trinajstić information content (AvgIpc) is 3.35. The first kappa shape index (κ1) is 15.6. The molecule has 0 aromatic carbocycles. The number of hydrogen-bond acceptors (Lipinski definition) is 8. The molecule has 7 nitrogen and oxygen atoms in total. The summed E-state index contributed by atoms with van der Waals surface area (Å²) < 4.78 is 7.30. The highest BCUT2D eigenvalue weighted by atomic mass is 32.2. The Morgan fingerprint density at radius 1 is 1.21 bits per heavy atom. The van der Waals surface area contributed by atoms with Gasteiger partial charge in [-0.25, -0.2) is 4.68 Å². The summed E-state index contributed by atoms with van der Waals surface area (Å²) in [6, 6.07) is 3.92. The van der Waals surface area contributed by atoms with E-state index in [2.05, 4.69) is 20.4 Å². The maximum absolute atomic E-state index is 6.19. The largest absolute Gasteiger partial charge is 0.419 e. The summed E-state index contributed by atoms with van der Waals surface area (Å²) in [6.45, 7) is 0. The first-order valence-corrected chi connectivity index (χ1v) is 9.87. The molecule has 3 aromatic heterocycles. The molecule has 0 aliphatic heterocycles. The molecule has 126 valence electrons. The zero-order chi connectivity index (χ0) is 16.4. The number of thiophene rings is 1. The maximum atomic E-state index is 6.19. The highest BCUT2D eigenvalue weighted by Crippen LogP contribution is 2.32. The highest BCUT2D eigenvalue weighted by molar-refractivity contribution is 7.98. The minimum Gasteiger partial charge on any atom is -0.419 e. The van der Waals surface area contributed by atoms with E-state index < -0.39 is 0 Å². The zero-order valence-corrected chi connectivity index (χ0v) is 14.7. The molecule has 1 fully saturated rings. The molecule has 9 heteroatoms. The molecule has 0 unspecified atom stereocenters. The van der Waals surface area contributed by atoms with Crippen LogP contribution in [0.25, 0.3) is 10.8 Å². The van der Waals surface area contributed by atoms with Gasteiger partial charge in [0.15, 0.2) is 5.82 Å². The van der Waals surface area contributed by atoms with Crippen LogP contribution in [0.4, 0.5) is 0 Å². The van der Waals surface area contributed by atoms with E-state index in [0.717, 1.165) is 23.5 Å². The van der Waals surface area contributed by atoms with Gasteiger partial charge in [-0.1, -0.05) is 37.1 Å². The monoisotopic (exact) mass is 362 g/mol. The van der Waals surface area contributed by atoms with Crippen molar-refractivity contribution in [2.24, 2.45) is 0 Å². The lowest BCUT2D eigenvalue weighted by Gasteiger charge is -2.20. The maximum Gasteiger partial charge on any atom is 0.257 e. The number of aromatic nitrogens is 5. The molecule has 0 spiro atoms. The van der Waals surface area contributed by atoms with Crippen molar-refractivity contribution in [3.63, 3.8) is 0 Å². The molecule has 0 bridgehead atoms. The summed E-state index contributed by atoms with van der Waals surface area (Å²) in [4.78, 5) is 0.973. The van der Waals surface area contributed by atoms with Gasteiger partial charge in [-0.05, 0) is 24.3 Å². The zero-order valence-electron chi connectivity index (χ0n) is 13.1. The summed E-state index contributed by atoms with van der Waals surface area (Å²) in [5.41, 5.74) is 0. The molecule has 1 aliphatic rings. The van der Waals surface area contributed by atoms with E-state index in [1.165, 1.54) is 31.0 Å². The number of nitrogen functional groups attached to an aromatic ring is 1. The predicted molar refractivity (Wildman–Crippen MR) is 93.2 cm³/mol. The van der Waals surface area contributed by atoms with E-state index in [-0.39, 0.29) is 0 Å². The number of thioether (sulfide) groups is 1. The Morgan fingerprint density at radius 3 is 2.88 bits per heavy atom. The highest BCUT2D eigenvalue weighted by Gasteiger charge is 2.22. The summed E-state index contributed by atoms with van der Waals surface area (Å²) in [5, 5.41) is 19.4. The van der Waals surface area contributed by atoms with Gasteiger partial charge in [-0.15, -0.1) is 31.7 Å². The Kier molecular flexibility index (Phi) is 4.52. The minimum atomic E-state index is 0.430. The number of nitrogens with two attached hydrogens (primary N) is 1. The van der Waals surface area contributed by atoms with E-state index in [9.17, 15) is 0 Å². The topological polar surface area (TPSA) is 95.7 Å². The lowest BCUT2D eigenvalue weighted by molar-refractivity contribution is 0.421. The van der Waals surface area contributed by atoms with E-state index in [1.807, 2.05) is 17.5 Å². The van der Waals surface area contributed by atoms with Crippen molar-refractivity contribution in [1.82, 2.24) is 25.1 Å². The first-order chi connectivity index (χ1) is 11.8. The van der Waals surface area contributed by atoms with Crippen molar-refractivity contribution in [3.8, 4) is 10.8 Å². The van der Waals surface area contributed by atoms with Crippen molar-refractivity contribution in [1.29, 1.82) is 0 Å². The summed E-state index contributed by atoms with van der Waals surface area (Å²) in [7, 11) is 0. The molecular weight excluding hydrogens is 344 g/mol. The fraction of sp³-hybridized carbons (Fsp3) is 0.467. The third-order valence-corrected chi connectivity index (χ3v) is 5.97. The fourth-order valence-corrected chi connectivity index (χ4v) is 4.31. The minimum absolute atomic E-state index is 0.430. The predicted octanol–water partition coefficient (Wildman–Crippen LogP) is 3.44. The molecule has 2 N–H and O–H groups in total. The fourth-order valence-electron chi connectivity index (χ4n) is 2.96. The third kappa shape index (κ3) is 3.18. The summed E-state index contributed by atoms with van der Waals surface area (Å²) >= 11 is 3.04. The van der Waals surface area contributed by atoms with Crippen LogP contribution in [0.1, 0.15) is 49.7 Å². The molecule has 0 atom stereocenters. The van der Waals surface area contributed by atoms with Gasteiger partial charge in [0.1, 0.15) is 0 Å². The van der Waals surface area contributed by atoms with Gasteiger partial charge >= 0.3 is 0 Å². The SMILES string of the molecule is Nn1c(SCc2nnc(-c3cccs3)o2)nnc1C1CCCCC1. The molecule has 3 heterocycles. The van der Waals surface area contributed by atoms with Gasteiger partial charge in [0, 0.05) is 5.92 Å². The summed E-state index contributed by atoms with van der Waals surface area (Å²) in [5.74, 6) is 9.15. The van der Waals surface area contributed by atoms with Gasteiger partial charge in [0.05, 0.1) is 10.6 Å². The molecule has 24 heavy (non-hydrogen) atoms. The van der Waals surface area contributed by atoms with E-state index in [1.54, 1.807) is 16.0 Å². The number of rotatable bonds is 5. The second-order valence-electron chi connectivity index (χ2n) is 5.81. The lowest BCUT2D eigenvalue weighted by atomic mass is 9.89. The van der Waals surface area contributed by atoms with Crippen LogP contribution in [0.2, 0.25) is 0 Å². The standard InChI is InChI=1S/C15H18N6OS2/c16-21-13(10-5-2-1-3-6-10)18-20-15(21)24-9-12-17-19-14(22-12)11-7-4-8-23-11/h4,7-8,10H,1-3,5-6,9,16H2. The van der Waals surface area contributed by atoms with Gasteiger partial charge in [0.25, 0.3) is 5.89 Å². The van der Waals surface area contributed by atoms with E-state index >= 15 is 0 Å². The Labute approximate surface area is 147 Å². The molecule has 4 rings (SSSR count). The van der Waals surface area contributed by atoms with E-state index in [0.29, 0.717) is 28.6 Å². The Balaban J connectivity index is 1.42. The van der Waals surface area contributed by atoms with Crippen LogP contribution in [0.5, 0.6) is 0 Å². The van der Waals surface area contributed by atoms with Crippen LogP contribution in [-0.4, -0.2) is 25.1 Å². The van der Waals surface area contributed by atoms with Gasteiger partial charge in [-0.3, -0.25) is 0 Å². The van der Waals surface area contributed by atoms with Crippen molar-refractivity contribution < 1.29 is 4.42 Å². The lowest BCUT2D eigenvalue weighted by Crippen LogP contribution is -2.18. The number of hydrogen-bond donors (Lipinski definition) is 1. The van der Waals surface area contributed by atoms with Crippen molar-refractivity contribution in [2.75, 3.05) is 5.84 Å². The van der Waals surface area contributed by atoms with Crippen LogP contribution in [0.3, 0.4) is 0 Å². The first-order valence-electron chi connectivity index (χ1n) is 8.00. The molecule has 0 saturated heterocycles. The Bertz CT molecular complexity index is 791. The van der Waals surface area contributed by atoms with Crippen molar-refractivity contribution in [3.05, 3.63) is 29.2 Å². The van der Waals surface area contributed by atoms with Gasteiger partial charge < -0.3 is 10.3 Å². The Hall–Kier alpha value is -1.87. The second kappa shape index (κ2) is 6.94. The van der Waals surface area contributed by atoms with Crippen LogP contribution < -0.4 is 5.84 Å². The normalized spacial score (nSPS) is 15.8. The second-order valence-corrected chi connectivity index (χ2v) is 7.70. The van der Waals surface area contributed by atoms with Crippen LogP contribution in [0.15, 0.2) is 27.1 Å². The number of nitrogens with zero attached hydrogens (tertiary/aromatic N) is 5.